The van der Waals surface area contributed by atoms with Crippen molar-refractivity contribution < 1.29 is 0 Å². The number of hydrogen-bond donors (Lipinski definition) is 1. The van der Waals surface area contributed by atoms with Gasteiger partial charge in [-0.1, -0.05) is 30.7 Å². The van der Waals surface area contributed by atoms with Gasteiger partial charge in [-0.3, -0.25) is 0 Å². The summed E-state index contributed by atoms with van der Waals surface area (Å²) in [6.45, 7) is 2.13. The molecule has 0 saturated heterocycles. The summed E-state index contributed by atoms with van der Waals surface area (Å²) in [5, 5.41) is 13.1. The van der Waals surface area contributed by atoms with Crippen LogP contribution in [0.2, 0.25) is 5.02 Å². The quantitative estimate of drug-likeness (QED) is 0.874. The molecule has 3 heteroatoms. The number of hydrogen-bond acceptors (Lipinski definition) is 2. The van der Waals surface area contributed by atoms with Gasteiger partial charge >= 0.3 is 0 Å². The third-order valence-corrected chi connectivity index (χ3v) is 4.00. The van der Waals surface area contributed by atoms with Crippen LogP contribution in [0.3, 0.4) is 0 Å². The maximum absolute atomic E-state index is 8.73. The zero-order chi connectivity index (χ0) is 13.0. The SMILES string of the molecule is CCC(CC#N)NC1CC(c2cccc(Cl)c2)C1. The van der Waals surface area contributed by atoms with Crippen molar-refractivity contribution in [2.75, 3.05) is 0 Å². The van der Waals surface area contributed by atoms with Gasteiger partial charge in [-0.15, -0.1) is 0 Å². The lowest BCUT2D eigenvalue weighted by atomic mass is 9.75. The molecule has 0 heterocycles. The number of rotatable bonds is 5. The van der Waals surface area contributed by atoms with Gasteiger partial charge in [0, 0.05) is 17.1 Å². The first-order valence-electron chi connectivity index (χ1n) is 6.61. The van der Waals surface area contributed by atoms with E-state index in [0.29, 0.717) is 24.4 Å². The lowest BCUT2D eigenvalue weighted by Crippen LogP contribution is -2.45. The van der Waals surface area contributed by atoms with Crippen LogP contribution >= 0.6 is 11.6 Å². The van der Waals surface area contributed by atoms with Crippen LogP contribution in [0.4, 0.5) is 0 Å². The zero-order valence-corrected chi connectivity index (χ0v) is 11.5. The van der Waals surface area contributed by atoms with Gasteiger partial charge in [0.2, 0.25) is 0 Å². The number of nitrogens with one attached hydrogen (secondary N) is 1. The molecule has 1 aromatic rings. The Kier molecular flexibility index (Phi) is 4.63. The fraction of sp³-hybridized carbons (Fsp3) is 0.533. The highest BCUT2D eigenvalue weighted by molar-refractivity contribution is 6.30. The van der Waals surface area contributed by atoms with E-state index < -0.39 is 0 Å². The van der Waals surface area contributed by atoms with E-state index in [1.807, 2.05) is 12.1 Å². The molecule has 96 valence electrons. The third kappa shape index (κ3) is 3.25. The van der Waals surface area contributed by atoms with E-state index in [4.69, 9.17) is 16.9 Å². The van der Waals surface area contributed by atoms with Gasteiger partial charge in [0.1, 0.15) is 0 Å². The molecule has 1 atom stereocenters. The van der Waals surface area contributed by atoms with Gasteiger partial charge in [0.05, 0.1) is 12.5 Å². The summed E-state index contributed by atoms with van der Waals surface area (Å²) < 4.78 is 0. The summed E-state index contributed by atoms with van der Waals surface area (Å²) in [7, 11) is 0. The van der Waals surface area contributed by atoms with Gasteiger partial charge in [-0.2, -0.15) is 5.26 Å². The number of benzene rings is 1. The molecule has 1 fully saturated rings. The average molecular weight is 263 g/mol. The van der Waals surface area contributed by atoms with Gasteiger partial charge in [-0.25, -0.2) is 0 Å². The predicted molar refractivity (Wildman–Crippen MR) is 74.7 cm³/mol. The normalized spacial score (nSPS) is 24.1. The Morgan fingerprint density at radius 3 is 2.89 bits per heavy atom. The number of halogens is 1. The predicted octanol–water partition coefficient (Wildman–Crippen LogP) is 3.87. The molecular weight excluding hydrogens is 244 g/mol. The summed E-state index contributed by atoms with van der Waals surface area (Å²) in [6.07, 6.45) is 3.94. The highest BCUT2D eigenvalue weighted by atomic mass is 35.5. The molecule has 0 amide bonds. The van der Waals surface area contributed by atoms with E-state index >= 15 is 0 Å². The van der Waals surface area contributed by atoms with E-state index in [1.54, 1.807) is 0 Å². The minimum Gasteiger partial charge on any atom is -0.310 e. The van der Waals surface area contributed by atoms with Crippen LogP contribution < -0.4 is 5.32 Å². The summed E-state index contributed by atoms with van der Waals surface area (Å²) in [4.78, 5) is 0. The topological polar surface area (TPSA) is 35.8 Å². The van der Waals surface area contributed by atoms with Crippen LogP contribution in [0.5, 0.6) is 0 Å². The molecule has 18 heavy (non-hydrogen) atoms. The first kappa shape index (κ1) is 13.4. The van der Waals surface area contributed by atoms with Crippen molar-refractivity contribution >= 4 is 11.6 Å². The van der Waals surface area contributed by atoms with Gasteiger partial charge in [0.15, 0.2) is 0 Å². The zero-order valence-electron chi connectivity index (χ0n) is 10.7. The van der Waals surface area contributed by atoms with Crippen molar-refractivity contribution in [2.24, 2.45) is 0 Å². The van der Waals surface area contributed by atoms with Crippen LogP contribution in [0.15, 0.2) is 24.3 Å². The van der Waals surface area contributed by atoms with Gasteiger partial charge in [-0.05, 0) is 42.9 Å². The Morgan fingerprint density at radius 1 is 1.50 bits per heavy atom. The van der Waals surface area contributed by atoms with E-state index in [1.165, 1.54) is 5.56 Å². The molecule has 1 unspecified atom stereocenters. The molecule has 1 N–H and O–H groups in total. The molecular formula is C15H19ClN2. The molecule has 1 aliphatic rings. The molecule has 0 aromatic heterocycles. The smallest absolute Gasteiger partial charge is 0.0638 e. The maximum Gasteiger partial charge on any atom is 0.0638 e. The molecule has 2 nitrogen and oxygen atoms in total. The van der Waals surface area contributed by atoms with Crippen molar-refractivity contribution in [2.45, 2.75) is 50.6 Å². The van der Waals surface area contributed by atoms with Gasteiger partial charge < -0.3 is 5.32 Å². The first-order valence-corrected chi connectivity index (χ1v) is 6.99. The second-order valence-electron chi connectivity index (χ2n) is 5.05. The third-order valence-electron chi connectivity index (χ3n) is 3.76. The second kappa shape index (κ2) is 6.22. The summed E-state index contributed by atoms with van der Waals surface area (Å²) in [5.41, 5.74) is 1.34. The van der Waals surface area contributed by atoms with E-state index in [2.05, 4.69) is 30.4 Å². The molecule has 0 spiro atoms. The highest BCUT2D eigenvalue weighted by Crippen LogP contribution is 2.37. The molecule has 2 rings (SSSR count). The van der Waals surface area contributed by atoms with Crippen LogP contribution in [0, 0.1) is 11.3 Å². The lowest BCUT2D eigenvalue weighted by Gasteiger charge is -2.38. The fourth-order valence-corrected chi connectivity index (χ4v) is 2.75. The molecule has 0 bridgehead atoms. The van der Waals surface area contributed by atoms with Crippen molar-refractivity contribution in [3.63, 3.8) is 0 Å². The Hall–Kier alpha value is -1.04. The molecule has 1 aromatic carbocycles. The number of nitrogens with zero attached hydrogens (tertiary/aromatic N) is 1. The summed E-state index contributed by atoms with van der Waals surface area (Å²) in [5.74, 6) is 0.626. The standard InChI is InChI=1S/C15H19ClN2/c1-2-14(6-7-17)18-15-9-12(10-15)11-4-3-5-13(16)8-11/h3-5,8,12,14-15,18H,2,6,9-10H2,1H3. The van der Waals surface area contributed by atoms with Crippen LogP contribution in [-0.2, 0) is 0 Å². The summed E-state index contributed by atoms with van der Waals surface area (Å²) in [6, 6.07) is 11.3. The monoisotopic (exact) mass is 262 g/mol. The molecule has 0 aliphatic heterocycles. The van der Waals surface area contributed by atoms with Crippen molar-refractivity contribution in [1.29, 1.82) is 5.26 Å². The minimum atomic E-state index is 0.348. The Morgan fingerprint density at radius 2 is 2.28 bits per heavy atom. The summed E-state index contributed by atoms with van der Waals surface area (Å²) >= 11 is 6.00. The average Bonchev–Trinajstić information content (AvgIpc) is 2.31. The Labute approximate surface area is 114 Å². The van der Waals surface area contributed by atoms with E-state index in [9.17, 15) is 0 Å². The van der Waals surface area contributed by atoms with E-state index in [-0.39, 0.29) is 0 Å². The van der Waals surface area contributed by atoms with Crippen LogP contribution in [0.25, 0.3) is 0 Å². The lowest BCUT2D eigenvalue weighted by molar-refractivity contribution is 0.262. The van der Waals surface area contributed by atoms with Crippen molar-refractivity contribution in [3.05, 3.63) is 34.9 Å². The fourth-order valence-electron chi connectivity index (χ4n) is 2.55. The molecule has 1 saturated carbocycles. The second-order valence-corrected chi connectivity index (χ2v) is 5.49. The first-order chi connectivity index (χ1) is 8.72. The Bertz CT molecular complexity index is 432. The minimum absolute atomic E-state index is 0.348. The Balaban J connectivity index is 1.82. The highest BCUT2D eigenvalue weighted by Gasteiger charge is 2.31. The van der Waals surface area contributed by atoms with Crippen LogP contribution in [0.1, 0.15) is 44.1 Å². The molecule has 0 radical (unpaired) electrons. The molecule has 1 aliphatic carbocycles. The van der Waals surface area contributed by atoms with Gasteiger partial charge in [0.25, 0.3) is 0 Å². The van der Waals surface area contributed by atoms with Crippen molar-refractivity contribution in [3.8, 4) is 6.07 Å². The van der Waals surface area contributed by atoms with Crippen LogP contribution in [-0.4, -0.2) is 12.1 Å². The maximum atomic E-state index is 8.73. The number of nitriles is 1. The largest absolute Gasteiger partial charge is 0.310 e. The van der Waals surface area contributed by atoms with E-state index in [0.717, 1.165) is 24.3 Å². The van der Waals surface area contributed by atoms with Crippen molar-refractivity contribution in [1.82, 2.24) is 5.32 Å².